The van der Waals surface area contributed by atoms with Crippen molar-refractivity contribution in [3.63, 3.8) is 0 Å². The Bertz CT molecular complexity index is 922. The first-order valence-electron chi connectivity index (χ1n) is 8.07. The van der Waals surface area contributed by atoms with Gasteiger partial charge < -0.3 is 9.30 Å². The average Bonchev–Trinajstić information content (AvgIpc) is 2.86. The highest BCUT2D eigenvalue weighted by Gasteiger charge is 2.22. The summed E-state index contributed by atoms with van der Waals surface area (Å²) in [5.41, 5.74) is 5.64. The third kappa shape index (κ3) is 3.08. The lowest BCUT2D eigenvalue weighted by Crippen LogP contribution is -2.01. The van der Waals surface area contributed by atoms with E-state index in [0.29, 0.717) is 5.02 Å². The number of nitrogens with zero attached hydrogens (tertiary/aromatic N) is 1. The minimum absolute atomic E-state index is 0.0535. The van der Waals surface area contributed by atoms with Crippen LogP contribution in [0.1, 0.15) is 28.7 Å². The first kappa shape index (κ1) is 17.3. The number of rotatable bonds is 4. The second kappa shape index (κ2) is 6.77. The van der Waals surface area contributed by atoms with E-state index < -0.39 is 0 Å². The fourth-order valence-electron chi connectivity index (χ4n) is 3.36. The van der Waals surface area contributed by atoms with Gasteiger partial charge in [-0.3, -0.25) is 4.79 Å². The molecule has 2 aromatic carbocycles. The molecule has 1 aromatic heterocycles. The molecule has 1 heterocycles. The number of hydrogen-bond donors (Lipinski definition) is 0. The van der Waals surface area contributed by atoms with Crippen LogP contribution in [0.2, 0.25) is 5.02 Å². The number of ketones is 1. The molecule has 0 spiro atoms. The van der Waals surface area contributed by atoms with Crippen LogP contribution in [0.15, 0.2) is 48.5 Å². The lowest BCUT2D eigenvalue weighted by atomic mass is 9.98. The number of aromatic nitrogens is 1. The molecule has 25 heavy (non-hydrogen) atoms. The average molecular weight is 354 g/mol. The molecule has 0 radical (unpaired) electrons. The number of hydrogen-bond acceptors (Lipinski definition) is 2. The topological polar surface area (TPSA) is 31.2 Å². The molecule has 4 heteroatoms. The Labute approximate surface area is 152 Å². The Balaban J connectivity index is 2.25. The number of carbonyl (C=O) groups excluding carboxylic acids is 1. The number of ether oxygens (including phenoxy) is 1. The van der Waals surface area contributed by atoms with Crippen LogP contribution in [0, 0.1) is 13.8 Å². The quantitative estimate of drug-likeness (QED) is 0.569. The van der Waals surface area contributed by atoms with Crippen molar-refractivity contribution in [1.82, 2.24) is 4.57 Å². The zero-order valence-electron chi connectivity index (χ0n) is 14.8. The van der Waals surface area contributed by atoms with Crippen molar-refractivity contribution in [2.75, 3.05) is 7.11 Å². The molecule has 0 atom stereocenters. The third-order valence-electron chi connectivity index (χ3n) is 4.46. The highest BCUT2D eigenvalue weighted by atomic mass is 35.5. The molecule has 0 aliphatic carbocycles. The van der Waals surface area contributed by atoms with Gasteiger partial charge in [0.25, 0.3) is 0 Å². The van der Waals surface area contributed by atoms with E-state index in [0.717, 1.165) is 39.5 Å². The number of methoxy groups -OCH3 is 1. The maximum absolute atomic E-state index is 12.4. The lowest BCUT2D eigenvalue weighted by molar-refractivity contribution is 0.101. The molecule has 3 rings (SSSR count). The second-order valence-corrected chi connectivity index (χ2v) is 6.45. The fourth-order valence-corrected chi connectivity index (χ4v) is 3.48. The smallest absolute Gasteiger partial charge is 0.162 e. The number of carbonyl (C=O) groups is 1. The number of Topliss-reactive ketones (excluding diaryl/α,β-unsaturated/α-hetero) is 1. The molecule has 0 amide bonds. The van der Waals surface area contributed by atoms with Crippen molar-refractivity contribution in [3.05, 3.63) is 70.5 Å². The Kier molecular flexibility index (Phi) is 4.69. The fraction of sp³-hybridized carbons (Fsp3) is 0.190. The summed E-state index contributed by atoms with van der Waals surface area (Å²) in [6.45, 7) is 5.63. The number of benzene rings is 2. The molecule has 0 unspecified atom stereocenters. The van der Waals surface area contributed by atoms with Crippen molar-refractivity contribution in [3.8, 4) is 22.6 Å². The Morgan fingerprint density at radius 3 is 2.08 bits per heavy atom. The van der Waals surface area contributed by atoms with Crippen molar-refractivity contribution in [2.45, 2.75) is 20.8 Å². The van der Waals surface area contributed by atoms with Crippen molar-refractivity contribution >= 4 is 17.4 Å². The molecule has 3 nitrogen and oxygen atoms in total. The van der Waals surface area contributed by atoms with Gasteiger partial charge in [0.15, 0.2) is 5.78 Å². The summed E-state index contributed by atoms with van der Waals surface area (Å²) in [5.74, 6) is 0.855. The molecule has 0 N–H and O–H groups in total. The normalized spacial score (nSPS) is 10.8. The van der Waals surface area contributed by atoms with Crippen molar-refractivity contribution < 1.29 is 9.53 Å². The first-order valence-corrected chi connectivity index (χ1v) is 8.45. The van der Waals surface area contributed by atoms with E-state index in [2.05, 4.69) is 4.57 Å². The second-order valence-electron chi connectivity index (χ2n) is 6.02. The van der Waals surface area contributed by atoms with E-state index in [1.54, 1.807) is 14.0 Å². The van der Waals surface area contributed by atoms with Gasteiger partial charge in [-0.05, 0) is 62.7 Å². The van der Waals surface area contributed by atoms with Crippen LogP contribution in [0.3, 0.4) is 0 Å². The van der Waals surface area contributed by atoms with Gasteiger partial charge in [-0.15, -0.1) is 0 Å². The molecule has 0 aliphatic heterocycles. The summed E-state index contributed by atoms with van der Waals surface area (Å²) in [5, 5.41) is 0.678. The summed E-state index contributed by atoms with van der Waals surface area (Å²) in [7, 11) is 1.65. The monoisotopic (exact) mass is 353 g/mol. The van der Waals surface area contributed by atoms with Crippen LogP contribution < -0.4 is 4.74 Å². The van der Waals surface area contributed by atoms with E-state index in [-0.39, 0.29) is 5.78 Å². The largest absolute Gasteiger partial charge is 0.497 e. The Morgan fingerprint density at radius 2 is 1.56 bits per heavy atom. The van der Waals surface area contributed by atoms with Gasteiger partial charge in [0.2, 0.25) is 0 Å². The summed E-state index contributed by atoms with van der Waals surface area (Å²) < 4.78 is 7.35. The minimum atomic E-state index is 0.0535. The maximum Gasteiger partial charge on any atom is 0.162 e. The molecular formula is C21H20ClNO2. The first-order chi connectivity index (χ1) is 11.9. The van der Waals surface area contributed by atoms with Gasteiger partial charge in [0, 0.05) is 33.2 Å². The minimum Gasteiger partial charge on any atom is -0.497 e. The molecule has 3 aromatic rings. The van der Waals surface area contributed by atoms with Crippen LogP contribution in [0.4, 0.5) is 0 Å². The zero-order chi connectivity index (χ0) is 18.1. The van der Waals surface area contributed by atoms with Gasteiger partial charge in [-0.25, -0.2) is 0 Å². The Morgan fingerprint density at radius 1 is 0.960 bits per heavy atom. The standard InChI is InChI=1S/C21H20ClNO2/c1-13-20(15(3)24)21(16-5-7-17(22)8-6-16)14(2)23(13)18-9-11-19(25-4)12-10-18/h5-12H,1-4H3. The highest BCUT2D eigenvalue weighted by molar-refractivity contribution is 6.30. The van der Waals surface area contributed by atoms with Gasteiger partial charge in [0.1, 0.15) is 5.75 Å². The molecule has 0 saturated heterocycles. The van der Waals surface area contributed by atoms with E-state index >= 15 is 0 Å². The predicted molar refractivity (Wildman–Crippen MR) is 102 cm³/mol. The van der Waals surface area contributed by atoms with Gasteiger partial charge >= 0.3 is 0 Å². The van der Waals surface area contributed by atoms with Crippen LogP contribution in [-0.2, 0) is 0 Å². The van der Waals surface area contributed by atoms with Crippen LogP contribution in [0.5, 0.6) is 5.75 Å². The molecular weight excluding hydrogens is 334 g/mol. The summed E-state index contributed by atoms with van der Waals surface area (Å²) in [4.78, 5) is 12.4. The summed E-state index contributed by atoms with van der Waals surface area (Å²) >= 11 is 6.02. The van der Waals surface area contributed by atoms with E-state index in [1.807, 2.05) is 62.4 Å². The van der Waals surface area contributed by atoms with Crippen molar-refractivity contribution in [1.29, 1.82) is 0 Å². The van der Waals surface area contributed by atoms with E-state index in [1.165, 1.54) is 0 Å². The van der Waals surface area contributed by atoms with Crippen LogP contribution in [0.25, 0.3) is 16.8 Å². The van der Waals surface area contributed by atoms with Crippen molar-refractivity contribution in [2.24, 2.45) is 0 Å². The molecule has 0 bridgehead atoms. The SMILES string of the molecule is COc1ccc(-n2c(C)c(C(C)=O)c(-c3ccc(Cl)cc3)c2C)cc1. The van der Waals surface area contributed by atoms with E-state index in [9.17, 15) is 4.79 Å². The van der Waals surface area contributed by atoms with Gasteiger partial charge in [-0.2, -0.15) is 0 Å². The summed E-state index contributed by atoms with van der Waals surface area (Å²) in [6.07, 6.45) is 0. The molecule has 0 saturated carbocycles. The lowest BCUT2D eigenvalue weighted by Gasteiger charge is -2.11. The molecule has 128 valence electrons. The maximum atomic E-state index is 12.4. The van der Waals surface area contributed by atoms with Gasteiger partial charge in [0.05, 0.1) is 7.11 Å². The predicted octanol–water partition coefficient (Wildman–Crippen LogP) is 5.63. The van der Waals surface area contributed by atoms with Crippen LogP contribution in [-0.4, -0.2) is 17.5 Å². The highest BCUT2D eigenvalue weighted by Crippen LogP contribution is 2.35. The van der Waals surface area contributed by atoms with Crippen LogP contribution >= 0.6 is 11.6 Å². The molecule has 0 fully saturated rings. The summed E-state index contributed by atoms with van der Waals surface area (Å²) in [6, 6.07) is 15.4. The Hall–Kier alpha value is -2.52. The molecule has 0 aliphatic rings. The van der Waals surface area contributed by atoms with Gasteiger partial charge in [-0.1, -0.05) is 23.7 Å². The van der Waals surface area contributed by atoms with E-state index in [4.69, 9.17) is 16.3 Å². The zero-order valence-corrected chi connectivity index (χ0v) is 15.5. The third-order valence-corrected chi connectivity index (χ3v) is 4.71. The number of halogens is 1.